The second-order valence-electron chi connectivity index (χ2n) is 4.63. The molecule has 0 saturated heterocycles. The Bertz CT molecular complexity index is 599. The molecule has 1 amide bonds. The van der Waals surface area contributed by atoms with Crippen LogP contribution in [0.3, 0.4) is 0 Å². The van der Waals surface area contributed by atoms with Gasteiger partial charge in [-0.1, -0.05) is 17.7 Å². The van der Waals surface area contributed by atoms with Gasteiger partial charge in [-0.05, 0) is 36.8 Å². The lowest BCUT2D eigenvalue weighted by Crippen LogP contribution is -2.31. The first kappa shape index (κ1) is 15.4. The SMILES string of the molecule is CC(NC(=O)CNc1cc(CO)ccc1Cl)c1ccco1. The van der Waals surface area contributed by atoms with Crippen LogP contribution in [-0.4, -0.2) is 17.6 Å². The predicted molar refractivity (Wildman–Crippen MR) is 81.1 cm³/mol. The van der Waals surface area contributed by atoms with Crippen LogP contribution < -0.4 is 10.6 Å². The summed E-state index contributed by atoms with van der Waals surface area (Å²) in [5, 5.41) is 15.4. The molecule has 5 nitrogen and oxygen atoms in total. The molecule has 6 heteroatoms. The number of carbonyl (C=O) groups is 1. The molecule has 0 aliphatic rings. The van der Waals surface area contributed by atoms with Gasteiger partial charge >= 0.3 is 0 Å². The van der Waals surface area contributed by atoms with Gasteiger partial charge in [-0.15, -0.1) is 0 Å². The average molecular weight is 309 g/mol. The van der Waals surface area contributed by atoms with Crippen molar-refractivity contribution in [2.75, 3.05) is 11.9 Å². The molecular weight excluding hydrogens is 292 g/mol. The number of benzene rings is 1. The number of anilines is 1. The highest BCUT2D eigenvalue weighted by molar-refractivity contribution is 6.33. The van der Waals surface area contributed by atoms with E-state index in [-0.39, 0.29) is 25.1 Å². The number of halogens is 1. The zero-order valence-electron chi connectivity index (χ0n) is 11.6. The van der Waals surface area contributed by atoms with Crippen molar-refractivity contribution >= 4 is 23.2 Å². The summed E-state index contributed by atoms with van der Waals surface area (Å²) in [5.74, 6) is 0.521. The number of aliphatic hydroxyl groups is 1. The number of amides is 1. The van der Waals surface area contributed by atoms with Gasteiger partial charge < -0.3 is 20.2 Å². The van der Waals surface area contributed by atoms with Crippen LogP contribution in [0.15, 0.2) is 41.0 Å². The minimum atomic E-state index is -0.200. The van der Waals surface area contributed by atoms with Crippen LogP contribution >= 0.6 is 11.6 Å². The van der Waals surface area contributed by atoms with Gasteiger partial charge in [0.25, 0.3) is 0 Å². The van der Waals surface area contributed by atoms with E-state index < -0.39 is 0 Å². The van der Waals surface area contributed by atoms with Gasteiger partial charge in [0, 0.05) is 0 Å². The number of carbonyl (C=O) groups excluding carboxylic acids is 1. The average Bonchev–Trinajstić information content (AvgIpc) is 3.00. The van der Waals surface area contributed by atoms with Crippen LogP contribution in [0.1, 0.15) is 24.3 Å². The molecule has 3 N–H and O–H groups in total. The quantitative estimate of drug-likeness (QED) is 0.767. The van der Waals surface area contributed by atoms with Gasteiger partial charge in [0.1, 0.15) is 5.76 Å². The van der Waals surface area contributed by atoms with E-state index in [4.69, 9.17) is 21.1 Å². The topological polar surface area (TPSA) is 74.5 Å². The van der Waals surface area contributed by atoms with Gasteiger partial charge in [-0.3, -0.25) is 4.79 Å². The van der Waals surface area contributed by atoms with E-state index in [0.717, 1.165) is 5.56 Å². The molecule has 1 aromatic carbocycles. The second kappa shape index (κ2) is 7.15. The lowest BCUT2D eigenvalue weighted by Gasteiger charge is -2.13. The summed E-state index contributed by atoms with van der Waals surface area (Å²) in [6.45, 7) is 1.85. The minimum absolute atomic E-state index is 0.0758. The molecule has 1 heterocycles. The Morgan fingerprint density at radius 1 is 1.43 bits per heavy atom. The van der Waals surface area contributed by atoms with Gasteiger partial charge in [-0.25, -0.2) is 0 Å². The number of rotatable bonds is 6. The van der Waals surface area contributed by atoms with E-state index in [9.17, 15) is 4.79 Å². The Kier molecular flexibility index (Phi) is 5.25. The van der Waals surface area contributed by atoms with Gasteiger partial charge in [0.15, 0.2) is 0 Å². The summed E-state index contributed by atoms with van der Waals surface area (Å²) >= 11 is 6.03. The first-order valence-corrected chi connectivity index (χ1v) is 6.94. The normalized spacial score (nSPS) is 12.0. The molecular formula is C15H17ClN2O3. The summed E-state index contributed by atoms with van der Waals surface area (Å²) in [7, 11) is 0. The number of furan rings is 1. The Balaban J connectivity index is 1.89. The van der Waals surface area contributed by atoms with Crippen molar-refractivity contribution in [3.8, 4) is 0 Å². The fourth-order valence-electron chi connectivity index (χ4n) is 1.88. The molecule has 0 spiro atoms. The minimum Gasteiger partial charge on any atom is -0.467 e. The lowest BCUT2D eigenvalue weighted by molar-refractivity contribution is -0.120. The monoisotopic (exact) mass is 308 g/mol. The number of hydrogen-bond donors (Lipinski definition) is 3. The van der Waals surface area contributed by atoms with Crippen LogP contribution in [-0.2, 0) is 11.4 Å². The maximum Gasteiger partial charge on any atom is 0.239 e. The first-order valence-electron chi connectivity index (χ1n) is 6.56. The van der Waals surface area contributed by atoms with E-state index in [1.54, 1.807) is 36.6 Å². The highest BCUT2D eigenvalue weighted by Crippen LogP contribution is 2.22. The summed E-state index contributed by atoms with van der Waals surface area (Å²) in [6.07, 6.45) is 1.57. The Morgan fingerprint density at radius 3 is 2.90 bits per heavy atom. The number of aliphatic hydroxyl groups excluding tert-OH is 1. The standard InChI is InChI=1S/C15H17ClN2O3/c1-10(14-3-2-6-21-14)18-15(20)8-17-13-7-11(9-19)4-5-12(13)16/h2-7,10,17,19H,8-9H2,1H3,(H,18,20). The maximum atomic E-state index is 11.9. The largest absolute Gasteiger partial charge is 0.467 e. The molecule has 0 fully saturated rings. The van der Waals surface area contributed by atoms with Crippen LogP contribution in [0.5, 0.6) is 0 Å². The molecule has 1 atom stereocenters. The fraction of sp³-hybridized carbons (Fsp3) is 0.267. The summed E-state index contributed by atoms with van der Waals surface area (Å²) < 4.78 is 5.22. The fourth-order valence-corrected chi connectivity index (χ4v) is 2.07. The third-order valence-electron chi connectivity index (χ3n) is 3.00. The van der Waals surface area contributed by atoms with Gasteiger partial charge in [-0.2, -0.15) is 0 Å². The molecule has 0 bridgehead atoms. The van der Waals surface area contributed by atoms with E-state index in [0.29, 0.717) is 16.5 Å². The van der Waals surface area contributed by atoms with Crippen molar-refractivity contribution < 1.29 is 14.3 Å². The number of hydrogen-bond acceptors (Lipinski definition) is 4. The summed E-state index contributed by atoms with van der Waals surface area (Å²) in [6, 6.07) is 8.50. The van der Waals surface area contributed by atoms with Crippen molar-refractivity contribution in [3.63, 3.8) is 0 Å². The Morgan fingerprint density at radius 2 is 2.24 bits per heavy atom. The van der Waals surface area contributed by atoms with Crippen molar-refractivity contribution in [2.45, 2.75) is 19.6 Å². The van der Waals surface area contributed by atoms with E-state index in [2.05, 4.69) is 10.6 Å². The Labute approximate surface area is 127 Å². The van der Waals surface area contributed by atoms with Crippen LogP contribution in [0.4, 0.5) is 5.69 Å². The van der Waals surface area contributed by atoms with Crippen molar-refractivity contribution in [1.82, 2.24) is 5.32 Å². The van der Waals surface area contributed by atoms with Gasteiger partial charge in [0.05, 0.1) is 36.2 Å². The molecule has 21 heavy (non-hydrogen) atoms. The highest BCUT2D eigenvalue weighted by atomic mass is 35.5. The molecule has 1 aromatic heterocycles. The van der Waals surface area contributed by atoms with Crippen molar-refractivity contribution in [3.05, 3.63) is 52.9 Å². The summed E-state index contributed by atoms with van der Waals surface area (Å²) in [4.78, 5) is 11.9. The molecule has 0 saturated carbocycles. The second-order valence-corrected chi connectivity index (χ2v) is 5.04. The number of nitrogens with one attached hydrogen (secondary N) is 2. The molecule has 2 rings (SSSR count). The van der Waals surface area contributed by atoms with Gasteiger partial charge in [0.2, 0.25) is 5.91 Å². The summed E-state index contributed by atoms with van der Waals surface area (Å²) in [5.41, 5.74) is 1.34. The predicted octanol–water partition coefficient (Wildman–Crippen LogP) is 2.71. The molecule has 112 valence electrons. The molecule has 0 aliphatic heterocycles. The molecule has 2 aromatic rings. The first-order chi connectivity index (χ1) is 10.1. The van der Waals surface area contributed by atoms with Crippen LogP contribution in [0, 0.1) is 0 Å². The van der Waals surface area contributed by atoms with Crippen molar-refractivity contribution in [1.29, 1.82) is 0 Å². The van der Waals surface area contributed by atoms with E-state index in [1.807, 2.05) is 6.92 Å². The Hall–Kier alpha value is -1.98. The zero-order valence-corrected chi connectivity index (χ0v) is 12.4. The lowest BCUT2D eigenvalue weighted by atomic mass is 10.2. The van der Waals surface area contributed by atoms with Crippen molar-refractivity contribution in [2.24, 2.45) is 0 Å². The highest BCUT2D eigenvalue weighted by Gasteiger charge is 2.12. The third kappa shape index (κ3) is 4.24. The molecule has 1 unspecified atom stereocenters. The smallest absolute Gasteiger partial charge is 0.239 e. The van der Waals surface area contributed by atoms with Crippen LogP contribution in [0.25, 0.3) is 0 Å². The molecule has 0 aliphatic carbocycles. The third-order valence-corrected chi connectivity index (χ3v) is 3.33. The van der Waals surface area contributed by atoms with E-state index >= 15 is 0 Å². The molecule has 0 radical (unpaired) electrons. The zero-order chi connectivity index (χ0) is 15.2. The van der Waals surface area contributed by atoms with E-state index in [1.165, 1.54) is 0 Å². The van der Waals surface area contributed by atoms with Crippen LogP contribution in [0.2, 0.25) is 5.02 Å². The maximum absolute atomic E-state index is 11.9.